The fourth-order valence-corrected chi connectivity index (χ4v) is 2.85. The molecule has 0 bridgehead atoms. The number of hydrogen-bond donors (Lipinski definition) is 1. The smallest absolute Gasteiger partial charge is 0.148 e. The van der Waals surface area contributed by atoms with E-state index in [0.29, 0.717) is 26.4 Å². The van der Waals surface area contributed by atoms with Crippen LogP contribution < -0.4 is 15.1 Å². The summed E-state index contributed by atoms with van der Waals surface area (Å²) in [6.07, 6.45) is 6.86. The van der Waals surface area contributed by atoms with Gasteiger partial charge in [-0.1, -0.05) is 12.0 Å². The monoisotopic (exact) mass is 395 g/mol. The third-order valence-corrected chi connectivity index (χ3v) is 4.26. The molecule has 0 radical (unpaired) electrons. The molecule has 29 heavy (non-hydrogen) atoms. The predicted octanol–water partition coefficient (Wildman–Crippen LogP) is 3.23. The predicted molar refractivity (Wildman–Crippen MR) is 113 cm³/mol. The Morgan fingerprint density at radius 1 is 1.07 bits per heavy atom. The van der Waals surface area contributed by atoms with Gasteiger partial charge in [0.15, 0.2) is 0 Å². The van der Waals surface area contributed by atoms with Gasteiger partial charge in [-0.15, -0.1) is 6.42 Å². The van der Waals surface area contributed by atoms with E-state index in [9.17, 15) is 0 Å². The molecule has 1 atom stereocenters. The summed E-state index contributed by atoms with van der Waals surface area (Å²) in [6.45, 7) is 1.88. The van der Waals surface area contributed by atoms with Gasteiger partial charge in [0, 0.05) is 31.0 Å². The van der Waals surface area contributed by atoms with Crippen molar-refractivity contribution in [3.8, 4) is 18.1 Å². The van der Waals surface area contributed by atoms with Crippen LogP contribution in [0.4, 0.5) is 11.4 Å². The fourth-order valence-electron chi connectivity index (χ4n) is 2.85. The molecule has 1 unspecified atom stereocenters. The summed E-state index contributed by atoms with van der Waals surface area (Å²) in [6, 6.07) is 13.5. The summed E-state index contributed by atoms with van der Waals surface area (Å²) >= 11 is 0. The Kier molecular flexibility index (Phi) is 7.47. The largest absolute Gasteiger partial charge is 0.491 e. The third kappa shape index (κ3) is 5.48. The topological polar surface area (TPSA) is 64.6 Å². The Morgan fingerprint density at radius 3 is 2.69 bits per heavy atom. The van der Waals surface area contributed by atoms with Crippen LogP contribution in [0.15, 0.2) is 47.5 Å². The van der Waals surface area contributed by atoms with Gasteiger partial charge in [-0.05, 0) is 36.4 Å². The van der Waals surface area contributed by atoms with Crippen molar-refractivity contribution >= 4 is 17.7 Å². The molecule has 1 N–H and O–H groups in total. The summed E-state index contributed by atoms with van der Waals surface area (Å²) in [4.78, 5) is 10.4. The first-order valence-corrected chi connectivity index (χ1v) is 9.28. The van der Waals surface area contributed by atoms with Crippen LogP contribution >= 0.6 is 0 Å². The Balaban J connectivity index is 1.84. The number of aliphatic imine (C=N–C) groups is 1. The Labute approximate surface area is 171 Å². The first kappa shape index (κ1) is 20.7. The molecule has 2 aromatic carbocycles. The molecule has 1 heterocycles. The van der Waals surface area contributed by atoms with Gasteiger partial charge in [0.1, 0.15) is 24.9 Å². The normalized spacial score (nSPS) is 14.9. The molecule has 7 nitrogen and oxygen atoms in total. The van der Waals surface area contributed by atoms with E-state index in [-0.39, 0.29) is 6.17 Å². The van der Waals surface area contributed by atoms with Crippen LogP contribution in [0.3, 0.4) is 0 Å². The molecule has 1 aliphatic heterocycles. The third-order valence-electron chi connectivity index (χ3n) is 4.26. The zero-order valence-electron chi connectivity index (χ0n) is 16.6. The highest BCUT2D eigenvalue weighted by Gasteiger charge is 2.24. The van der Waals surface area contributed by atoms with Gasteiger partial charge in [0.25, 0.3) is 0 Å². The first-order chi connectivity index (χ1) is 14.2. The molecule has 7 heteroatoms. The number of anilines is 2. The van der Waals surface area contributed by atoms with Crippen molar-refractivity contribution < 1.29 is 19.0 Å². The summed E-state index contributed by atoms with van der Waals surface area (Å²) in [5.74, 6) is 3.38. The van der Waals surface area contributed by atoms with Gasteiger partial charge in [-0.25, -0.2) is 10.1 Å². The highest BCUT2D eigenvalue weighted by molar-refractivity contribution is 5.82. The standard InChI is InChI=1S/C22H25N3O4/c1-4-17-6-5-7-18(14-17)24-22-20-15-19(28-12-10-26-2)8-9-21(20)25(16-23-22)29-13-11-27-3/h1,5-9,14-16,22,24H,10-13H2,2-3H3. The minimum Gasteiger partial charge on any atom is -0.491 e. The number of ether oxygens (including phenoxy) is 3. The number of methoxy groups -OCH3 is 2. The molecular formula is C22H25N3O4. The lowest BCUT2D eigenvalue weighted by Crippen LogP contribution is -2.30. The van der Waals surface area contributed by atoms with Crippen molar-refractivity contribution in [1.82, 2.24) is 0 Å². The van der Waals surface area contributed by atoms with E-state index >= 15 is 0 Å². The molecule has 1 aliphatic rings. The number of hydroxylamine groups is 1. The number of rotatable bonds is 10. The number of nitrogens with one attached hydrogen (secondary N) is 1. The highest BCUT2D eigenvalue weighted by atomic mass is 16.7. The maximum atomic E-state index is 5.77. The van der Waals surface area contributed by atoms with E-state index in [4.69, 9.17) is 25.5 Å². The van der Waals surface area contributed by atoms with Crippen molar-refractivity contribution in [3.63, 3.8) is 0 Å². The fraction of sp³-hybridized carbons (Fsp3) is 0.318. The second-order valence-electron chi connectivity index (χ2n) is 6.25. The van der Waals surface area contributed by atoms with Crippen LogP contribution in [0.25, 0.3) is 0 Å². The van der Waals surface area contributed by atoms with Gasteiger partial charge in [0.05, 0.1) is 25.5 Å². The number of fused-ring (bicyclic) bond motifs is 1. The molecule has 0 spiro atoms. The van der Waals surface area contributed by atoms with Crippen molar-refractivity contribution in [1.29, 1.82) is 0 Å². The van der Waals surface area contributed by atoms with E-state index in [0.717, 1.165) is 28.3 Å². The lowest BCUT2D eigenvalue weighted by Gasteiger charge is -2.30. The summed E-state index contributed by atoms with van der Waals surface area (Å²) in [7, 11) is 3.28. The highest BCUT2D eigenvalue weighted by Crippen LogP contribution is 2.35. The molecule has 0 aromatic heterocycles. The van der Waals surface area contributed by atoms with E-state index in [2.05, 4.69) is 16.2 Å². The molecule has 0 saturated heterocycles. The van der Waals surface area contributed by atoms with Crippen LogP contribution in [0.1, 0.15) is 17.3 Å². The molecule has 0 saturated carbocycles. The maximum Gasteiger partial charge on any atom is 0.148 e. The van der Waals surface area contributed by atoms with Gasteiger partial charge in [-0.2, -0.15) is 0 Å². The van der Waals surface area contributed by atoms with E-state index in [1.165, 1.54) is 0 Å². The van der Waals surface area contributed by atoms with Crippen LogP contribution in [-0.2, 0) is 14.3 Å². The maximum absolute atomic E-state index is 5.77. The number of nitrogens with zero attached hydrogens (tertiary/aromatic N) is 2. The lowest BCUT2D eigenvalue weighted by molar-refractivity contribution is 0.0755. The Bertz CT molecular complexity index is 879. The molecule has 2 aromatic rings. The second-order valence-corrected chi connectivity index (χ2v) is 6.25. The number of hydrogen-bond acceptors (Lipinski definition) is 7. The van der Waals surface area contributed by atoms with E-state index in [1.807, 2.05) is 42.5 Å². The summed E-state index contributed by atoms with van der Waals surface area (Å²) < 4.78 is 15.9. The molecule has 0 aliphatic carbocycles. The average Bonchev–Trinajstić information content (AvgIpc) is 2.75. The van der Waals surface area contributed by atoms with Gasteiger partial charge in [-0.3, -0.25) is 4.84 Å². The van der Waals surface area contributed by atoms with Crippen LogP contribution in [0, 0.1) is 12.3 Å². The van der Waals surface area contributed by atoms with Crippen LogP contribution in [0.5, 0.6) is 5.75 Å². The quantitative estimate of drug-likeness (QED) is 0.492. The average molecular weight is 395 g/mol. The van der Waals surface area contributed by atoms with Crippen molar-refractivity contribution in [2.24, 2.45) is 4.99 Å². The van der Waals surface area contributed by atoms with Crippen molar-refractivity contribution in [3.05, 3.63) is 53.6 Å². The summed E-state index contributed by atoms with van der Waals surface area (Å²) in [5.41, 5.74) is 3.48. The first-order valence-electron chi connectivity index (χ1n) is 9.28. The number of benzene rings is 2. The Hall–Kier alpha value is -3.05. The zero-order valence-corrected chi connectivity index (χ0v) is 16.6. The van der Waals surface area contributed by atoms with Gasteiger partial charge < -0.3 is 19.5 Å². The number of terminal acetylenes is 1. The molecule has 3 rings (SSSR count). The summed E-state index contributed by atoms with van der Waals surface area (Å²) in [5, 5.41) is 5.06. The SMILES string of the molecule is C#Cc1cccc(NC2N=CN(OCCOC)c3ccc(OCCOC)cc32)c1. The molecule has 0 fully saturated rings. The van der Waals surface area contributed by atoms with Gasteiger partial charge >= 0.3 is 0 Å². The lowest BCUT2D eigenvalue weighted by atomic mass is 10.1. The van der Waals surface area contributed by atoms with Crippen molar-refractivity contribution in [2.75, 3.05) is 51.0 Å². The van der Waals surface area contributed by atoms with Crippen molar-refractivity contribution in [2.45, 2.75) is 6.17 Å². The molecule has 152 valence electrons. The van der Waals surface area contributed by atoms with Crippen LogP contribution in [0.2, 0.25) is 0 Å². The van der Waals surface area contributed by atoms with E-state index < -0.39 is 0 Å². The Morgan fingerprint density at radius 2 is 1.90 bits per heavy atom. The van der Waals surface area contributed by atoms with Gasteiger partial charge in [0.2, 0.25) is 0 Å². The zero-order chi connectivity index (χ0) is 20.5. The second kappa shape index (κ2) is 10.5. The van der Waals surface area contributed by atoms with E-state index in [1.54, 1.807) is 25.6 Å². The molecule has 0 amide bonds. The van der Waals surface area contributed by atoms with Crippen LogP contribution in [-0.4, -0.2) is 47.0 Å². The minimum absolute atomic E-state index is 0.314. The minimum atomic E-state index is -0.314. The molecular weight excluding hydrogens is 370 g/mol.